The number of ether oxygens (including phenoxy) is 2. The second kappa shape index (κ2) is 8.11. The average Bonchev–Trinajstić information content (AvgIpc) is 2.36. The number of rotatable bonds is 7. The second-order valence-electron chi connectivity index (χ2n) is 4.55. The fraction of sp³-hybridized carbons (Fsp3) is 0.500. The number of hydrogen-bond donors (Lipinski definition) is 2. The maximum absolute atomic E-state index is 11.6. The third-order valence-electron chi connectivity index (χ3n) is 2.40. The van der Waals surface area contributed by atoms with Gasteiger partial charge in [0.15, 0.2) is 18.1 Å². The van der Waals surface area contributed by atoms with Gasteiger partial charge in [0.25, 0.3) is 5.91 Å². The lowest BCUT2D eigenvalue weighted by molar-refractivity contribution is -0.123. The largest absolute Gasteiger partial charge is 0.490 e. The van der Waals surface area contributed by atoms with Crippen LogP contribution in [-0.4, -0.2) is 25.2 Å². The Balaban J connectivity index is 2.84. The maximum Gasteiger partial charge on any atom is 0.258 e. The molecule has 0 heterocycles. The first kappa shape index (κ1) is 16.8. The third-order valence-corrected chi connectivity index (χ3v) is 2.99. The minimum atomic E-state index is -0.169. The van der Waals surface area contributed by atoms with Crippen molar-refractivity contribution in [2.45, 2.75) is 33.4 Å². The fourth-order valence-electron chi connectivity index (χ4n) is 1.64. The molecule has 1 rings (SSSR count). The molecule has 1 aromatic carbocycles. The summed E-state index contributed by atoms with van der Waals surface area (Å²) < 4.78 is 11.8. The summed E-state index contributed by atoms with van der Waals surface area (Å²) >= 11 is 3.42. The van der Waals surface area contributed by atoms with Crippen molar-refractivity contribution in [3.63, 3.8) is 0 Å². The summed E-state index contributed by atoms with van der Waals surface area (Å²) in [6.07, 6.45) is 0. The van der Waals surface area contributed by atoms with Crippen molar-refractivity contribution in [2.24, 2.45) is 5.73 Å². The molecule has 0 aromatic heterocycles. The van der Waals surface area contributed by atoms with E-state index in [1.807, 2.05) is 32.9 Å². The molecule has 0 saturated heterocycles. The molecular formula is C14H21BrN2O3. The number of hydrogen-bond acceptors (Lipinski definition) is 4. The summed E-state index contributed by atoms with van der Waals surface area (Å²) in [4.78, 5) is 11.6. The summed E-state index contributed by atoms with van der Waals surface area (Å²) in [7, 11) is 0. The van der Waals surface area contributed by atoms with Gasteiger partial charge in [0.1, 0.15) is 0 Å². The van der Waals surface area contributed by atoms with E-state index in [0.717, 1.165) is 10.0 Å². The molecule has 0 spiro atoms. The maximum atomic E-state index is 11.6. The quantitative estimate of drug-likeness (QED) is 0.795. The van der Waals surface area contributed by atoms with E-state index >= 15 is 0 Å². The minimum Gasteiger partial charge on any atom is -0.490 e. The van der Waals surface area contributed by atoms with Gasteiger partial charge in [-0.25, -0.2) is 0 Å². The molecule has 1 amide bonds. The zero-order valence-corrected chi connectivity index (χ0v) is 13.6. The highest BCUT2D eigenvalue weighted by atomic mass is 79.9. The van der Waals surface area contributed by atoms with Crippen LogP contribution in [0.25, 0.3) is 0 Å². The number of halogens is 1. The van der Waals surface area contributed by atoms with Crippen LogP contribution < -0.4 is 20.5 Å². The molecule has 0 fully saturated rings. The lowest BCUT2D eigenvalue weighted by Gasteiger charge is -2.15. The van der Waals surface area contributed by atoms with Crippen molar-refractivity contribution < 1.29 is 14.3 Å². The number of nitrogens with one attached hydrogen (secondary N) is 1. The van der Waals surface area contributed by atoms with Crippen LogP contribution in [-0.2, 0) is 11.3 Å². The average molecular weight is 345 g/mol. The standard InChI is InChI=1S/C14H21BrN2O3/c1-4-19-12-6-10(7-16)5-11(15)14(12)20-8-13(18)17-9(2)3/h5-6,9H,4,7-8,16H2,1-3H3,(H,17,18). The van der Waals surface area contributed by atoms with Crippen molar-refractivity contribution in [1.29, 1.82) is 0 Å². The number of amides is 1. The lowest BCUT2D eigenvalue weighted by atomic mass is 10.2. The van der Waals surface area contributed by atoms with Gasteiger partial charge in [-0.15, -0.1) is 0 Å². The summed E-state index contributed by atoms with van der Waals surface area (Å²) in [5.74, 6) is 0.930. The monoisotopic (exact) mass is 344 g/mol. The Bertz CT molecular complexity index is 464. The first-order valence-electron chi connectivity index (χ1n) is 6.55. The predicted octanol–water partition coefficient (Wildman–Crippen LogP) is 2.21. The molecule has 0 unspecified atom stereocenters. The van der Waals surface area contributed by atoms with Crippen LogP contribution in [0, 0.1) is 0 Å². The number of nitrogens with two attached hydrogens (primary N) is 1. The molecular weight excluding hydrogens is 324 g/mol. The van der Waals surface area contributed by atoms with Gasteiger partial charge in [0.05, 0.1) is 11.1 Å². The number of benzene rings is 1. The highest BCUT2D eigenvalue weighted by molar-refractivity contribution is 9.10. The molecule has 6 heteroatoms. The van der Waals surface area contributed by atoms with E-state index in [-0.39, 0.29) is 18.6 Å². The van der Waals surface area contributed by atoms with E-state index in [4.69, 9.17) is 15.2 Å². The van der Waals surface area contributed by atoms with E-state index in [2.05, 4.69) is 21.2 Å². The highest BCUT2D eigenvalue weighted by Crippen LogP contribution is 2.36. The third kappa shape index (κ3) is 5.02. The van der Waals surface area contributed by atoms with Crippen LogP contribution in [0.1, 0.15) is 26.3 Å². The highest BCUT2D eigenvalue weighted by Gasteiger charge is 2.14. The van der Waals surface area contributed by atoms with Crippen LogP contribution in [0.3, 0.4) is 0 Å². The Morgan fingerprint density at radius 1 is 1.40 bits per heavy atom. The number of carbonyl (C=O) groups is 1. The van der Waals surface area contributed by atoms with E-state index in [9.17, 15) is 4.79 Å². The zero-order chi connectivity index (χ0) is 15.1. The molecule has 0 aliphatic rings. The first-order chi connectivity index (χ1) is 9.47. The molecule has 0 aliphatic carbocycles. The van der Waals surface area contributed by atoms with Gasteiger partial charge in [-0.3, -0.25) is 4.79 Å². The van der Waals surface area contributed by atoms with Crippen molar-refractivity contribution in [3.05, 3.63) is 22.2 Å². The Morgan fingerprint density at radius 3 is 2.65 bits per heavy atom. The normalized spacial score (nSPS) is 10.5. The molecule has 112 valence electrons. The van der Waals surface area contributed by atoms with Crippen LogP contribution in [0.5, 0.6) is 11.5 Å². The molecule has 3 N–H and O–H groups in total. The second-order valence-corrected chi connectivity index (χ2v) is 5.41. The van der Waals surface area contributed by atoms with Gasteiger partial charge in [0.2, 0.25) is 0 Å². The van der Waals surface area contributed by atoms with Crippen molar-refractivity contribution in [2.75, 3.05) is 13.2 Å². The van der Waals surface area contributed by atoms with Crippen molar-refractivity contribution in [1.82, 2.24) is 5.32 Å². The summed E-state index contributed by atoms with van der Waals surface area (Å²) in [6.45, 7) is 6.55. The van der Waals surface area contributed by atoms with Crippen molar-refractivity contribution >= 4 is 21.8 Å². The molecule has 0 bridgehead atoms. The molecule has 20 heavy (non-hydrogen) atoms. The van der Waals surface area contributed by atoms with Crippen LogP contribution in [0.15, 0.2) is 16.6 Å². The topological polar surface area (TPSA) is 73.6 Å². The molecule has 5 nitrogen and oxygen atoms in total. The van der Waals surface area contributed by atoms with E-state index < -0.39 is 0 Å². The van der Waals surface area contributed by atoms with Gasteiger partial charge >= 0.3 is 0 Å². The summed E-state index contributed by atoms with van der Waals surface area (Å²) in [5, 5.41) is 2.77. The molecule has 0 radical (unpaired) electrons. The predicted molar refractivity (Wildman–Crippen MR) is 82.0 cm³/mol. The lowest BCUT2D eigenvalue weighted by Crippen LogP contribution is -2.34. The van der Waals surface area contributed by atoms with Gasteiger partial charge < -0.3 is 20.5 Å². The molecule has 0 atom stereocenters. The van der Waals surface area contributed by atoms with Gasteiger partial charge in [-0.1, -0.05) is 0 Å². The van der Waals surface area contributed by atoms with Crippen molar-refractivity contribution in [3.8, 4) is 11.5 Å². The Morgan fingerprint density at radius 2 is 2.10 bits per heavy atom. The Labute approximate surface area is 127 Å². The molecule has 0 aliphatic heterocycles. The minimum absolute atomic E-state index is 0.0567. The molecule has 0 saturated carbocycles. The van der Waals surface area contributed by atoms with Gasteiger partial charge in [-0.2, -0.15) is 0 Å². The molecule has 1 aromatic rings. The van der Waals surface area contributed by atoms with E-state index in [1.165, 1.54) is 0 Å². The van der Waals surface area contributed by atoms with Crippen LogP contribution in [0.4, 0.5) is 0 Å². The van der Waals surface area contributed by atoms with E-state index in [1.54, 1.807) is 0 Å². The smallest absolute Gasteiger partial charge is 0.258 e. The zero-order valence-electron chi connectivity index (χ0n) is 12.0. The Kier molecular flexibility index (Phi) is 6.81. The van der Waals surface area contributed by atoms with Gasteiger partial charge in [-0.05, 0) is 54.4 Å². The van der Waals surface area contributed by atoms with Crippen LogP contribution >= 0.6 is 15.9 Å². The summed E-state index contributed by atoms with van der Waals surface area (Å²) in [6, 6.07) is 3.77. The fourth-order valence-corrected chi connectivity index (χ4v) is 2.25. The first-order valence-corrected chi connectivity index (χ1v) is 7.34. The Hall–Kier alpha value is -1.27. The van der Waals surface area contributed by atoms with E-state index in [0.29, 0.717) is 24.7 Å². The SMILES string of the molecule is CCOc1cc(CN)cc(Br)c1OCC(=O)NC(C)C. The number of carbonyl (C=O) groups excluding carboxylic acids is 1. The van der Waals surface area contributed by atoms with Crippen LogP contribution in [0.2, 0.25) is 0 Å². The van der Waals surface area contributed by atoms with Gasteiger partial charge in [0, 0.05) is 12.6 Å². The summed E-state index contributed by atoms with van der Waals surface area (Å²) in [5.41, 5.74) is 6.56.